The monoisotopic (exact) mass is 272 g/mol. The molecule has 1 aliphatic heterocycles. The Labute approximate surface area is 116 Å². The average Bonchev–Trinajstić information content (AvgIpc) is 2.89. The molecule has 0 aromatic carbocycles. The Balaban J connectivity index is 1.56. The van der Waals surface area contributed by atoms with E-state index < -0.39 is 0 Å². The number of amides is 2. The highest BCUT2D eigenvalue weighted by Crippen LogP contribution is 2.11. The topological polar surface area (TPSA) is 84.7 Å². The summed E-state index contributed by atoms with van der Waals surface area (Å²) in [6, 6.07) is 3.51. The number of rotatable bonds is 2. The highest BCUT2D eigenvalue weighted by atomic mass is 16.2. The standard InChI is InChI=1S/C13H16N6O/c1-9-2-4-11(14-6-9)18-13(20)17-10-3-5-12-15-8-16-19(12)7-10/h2,4,6,8,10H,3,5,7H2,1H3,(H2,14,17,18,20)/t10-/m0/s1. The van der Waals surface area contributed by atoms with Crippen molar-refractivity contribution in [2.24, 2.45) is 0 Å². The van der Waals surface area contributed by atoms with E-state index in [1.807, 2.05) is 17.7 Å². The van der Waals surface area contributed by atoms with Gasteiger partial charge in [-0.1, -0.05) is 6.07 Å². The van der Waals surface area contributed by atoms with Crippen molar-refractivity contribution < 1.29 is 4.79 Å². The van der Waals surface area contributed by atoms with Crippen LogP contribution in [0.1, 0.15) is 17.8 Å². The number of nitrogens with one attached hydrogen (secondary N) is 2. The third-order valence-electron chi connectivity index (χ3n) is 3.29. The smallest absolute Gasteiger partial charge is 0.320 e. The van der Waals surface area contributed by atoms with E-state index in [2.05, 4.69) is 25.7 Å². The highest BCUT2D eigenvalue weighted by Gasteiger charge is 2.21. The number of urea groups is 1. The number of pyridine rings is 1. The molecular formula is C13H16N6O. The molecule has 0 spiro atoms. The molecular weight excluding hydrogens is 256 g/mol. The molecule has 0 fully saturated rings. The normalized spacial score (nSPS) is 17.4. The number of fused-ring (bicyclic) bond motifs is 1. The number of carbonyl (C=O) groups excluding carboxylic acids is 1. The summed E-state index contributed by atoms with van der Waals surface area (Å²) in [5.74, 6) is 1.52. The van der Waals surface area contributed by atoms with Crippen molar-refractivity contribution in [3.63, 3.8) is 0 Å². The molecule has 104 valence electrons. The van der Waals surface area contributed by atoms with E-state index in [4.69, 9.17) is 0 Å². The van der Waals surface area contributed by atoms with Crippen molar-refractivity contribution >= 4 is 11.8 Å². The van der Waals surface area contributed by atoms with E-state index in [0.29, 0.717) is 12.4 Å². The van der Waals surface area contributed by atoms with Gasteiger partial charge in [-0.25, -0.2) is 19.4 Å². The number of anilines is 1. The van der Waals surface area contributed by atoms with Gasteiger partial charge in [-0.05, 0) is 25.0 Å². The summed E-state index contributed by atoms with van der Waals surface area (Å²) in [7, 11) is 0. The maximum absolute atomic E-state index is 11.9. The summed E-state index contributed by atoms with van der Waals surface area (Å²) in [4.78, 5) is 20.2. The van der Waals surface area contributed by atoms with Gasteiger partial charge in [0.2, 0.25) is 0 Å². The molecule has 0 aliphatic carbocycles. The van der Waals surface area contributed by atoms with Gasteiger partial charge in [-0.2, -0.15) is 5.10 Å². The summed E-state index contributed by atoms with van der Waals surface area (Å²) in [6.07, 6.45) is 4.97. The zero-order chi connectivity index (χ0) is 13.9. The number of carbonyl (C=O) groups is 1. The summed E-state index contributed by atoms with van der Waals surface area (Å²) in [5.41, 5.74) is 1.06. The van der Waals surface area contributed by atoms with E-state index >= 15 is 0 Å². The molecule has 7 nitrogen and oxygen atoms in total. The largest absolute Gasteiger partial charge is 0.333 e. The van der Waals surface area contributed by atoms with Crippen molar-refractivity contribution in [3.8, 4) is 0 Å². The van der Waals surface area contributed by atoms with E-state index in [-0.39, 0.29) is 12.1 Å². The first-order valence-corrected chi connectivity index (χ1v) is 6.57. The van der Waals surface area contributed by atoms with Crippen molar-refractivity contribution in [3.05, 3.63) is 36.0 Å². The zero-order valence-electron chi connectivity index (χ0n) is 11.2. The number of aromatic nitrogens is 4. The van der Waals surface area contributed by atoms with Gasteiger partial charge < -0.3 is 5.32 Å². The molecule has 2 amide bonds. The predicted octanol–water partition coefficient (Wildman–Crippen LogP) is 1.12. The third-order valence-corrected chi connectivity index (χ3v) is 3.29. The Morgan fingerprint density at radius 2 is 2.30 bits per heavy atom. The van der Waals surface area contributed by atoms with Crippen LogP contribution in [0.15, 0.2) is 24.7 Å². The van der Waals surface area contributed by atoms with Gasteiger partial charge in [0.05, 0.1) is 12.6 Å². The van der Waals surface area contributed by atoms with Crippen LogP contribution in [0, 0.1) is 6.92 Å². The molecule has 3 rings (SSSR count). The SMILES string of the molecule is Cc1ccc(NC(=O)N[C@H]2CCc3ncnn3C2)nc1. The minimum atomic E-state index is -0.241. The molecule has 1 atom stereocenters. The molecule has 0 saturated carbocycles. The Kier molecular flexibility index (Phi) is 3.32. The molecule has 0 radical (unpaired) electrons. The molecule has 0 bridgehead atoms. The highest BCUT2D eigenvalue weighted by molar-refractivity contribution is 5.88. The third kappa shape index (κ3) is 2.76. The molecule has 3 heterocycles. The fourth-order valence-corrected chi connectivity index (χ4v) is 2.23. The maximum Gasteiger partial charge on any atom is 0.320 e. The van der Waals surface area contributed by atoms with Crippen molar-refractivity contribution in [2.45, 2.75) is 32.4 Å². The molecule has 0 saturated heterocycles. The molecule has 2 aromatic rings. The molecule has 1 aliphatic rings. The fourth-order valence-electron chi connectivity index (χ4n) is 2.23. The van der Waals surface area contributed by atoms with Crippen LogP contribution < -0.4 is 10.6 Å². The van der Waals surface area contributed by atoms with Crippen LogP contribution in [0.2, 0.25) is 0 Å². The van der Waals surface area contributed by atoms with E-state index in [0.717, 1.165) is 24.2 Å². The second kappa shape index (κ2) is 5.28. The lowest BCUT2D eigenvalue weighted by Gasteiger charge is -2.23. The molecule has 2 N–H and O–H groups in total. The van der Waals surface area contributed by atoms with Crippen LogP contribution in [0.3, 0.4) is 0 Å². The van der Waals surface area contributed by atoms with Gasteiger partial charge in [0, 0.05) is 12.6 Å². The van der Waals surface area contributed by atoms with Gasteiger partial charge in [-0.15, -0.1) is 0 Å². The lowest BCUT2D eigenvalue weighted by atomic mass is 10.1. The fraction of sp³-hybridized carbons (Fsp3) is 0.385. The first kappa shape index (κ1) is 12.6. The number of aryl methyl sites for hydroxylation is 2. The van der Waals surface area contributed by atoms with E-state index in [1.54, 1.807) is 18.6 Å². The van der Waals surface area contributed by atoms with Crippen LogP contribution in [-0.2, 0) is 13.0 Å². The quantitative estimate of drug-likeness (QED) is 0.858. The van der Waals surface area contributed by atoms with E-state index in [1.165, 1.54) is 0 Å². The molecule has 7 heteroatoms. The minimum absolute atomic E-state index is 0.0645. The first-order chi connectivity index (χ1) is 9.70. The number of nitrogens with zero attached hydrogens (tertiary/aromatic N) is 4. The molecule has 20 heavy (non-hydrogen) atoms. The maximum atomic E-state index is 11.9. The zero-order valence-corrected chi connectivity index (χ0v) is 11.2. The first-order valence-electron chi connectivity index (χ1n) is 6.57. The van der Waals surface area contributed by atoms with Gasteiger partial charge in [0.1, 0.15) is 18.0 Å². The summed E-state index contributed by atoms with van der Waals surface area (Å²) < 4.78 is 1.83. The Morgan fingerprint density at radius 3 is 3.10 bits per heavy atom. The minimum Gasteiger partial charge on any atom is -0.333 e. The summed E-state index contributed by atoms with van der Waals surface area (Å²) in [5, 5.41) is 9.79. The Hall–Kier alpha value is -2.44. The lowest BCUT2D eigenvalue weighted by Crippen LogP contribution is -2.43. The molecule has 2 aromatic heterocycles. The Morgan fingerprint density at radius 1 is 1.40 bits per heavy atom. The van der Waals surface area contributed by atoms with Crippen molar-refractivity contribution in [1.82, 2.24) is 25.1 Å². The molecule has 0 unspecified atom stereocenters. The van der Waals surface area contributed by atoms with Crippen molar-refractivity contribution in [1.29, 1.82) is 0 Å². The van der Waals surface area contributed by atoms with Crippen LogP contribution >= 0.6 is 0 Å². The lowest BCUT2D eigenvalue weighted by molar-refractivity contribution is 0.243. The van der Waals surface area contributed by atoms with Crippen LogP contribution in [-0.4, -0.2) is 31.8 Å². The van der Waals surface area contributed by atoms with Gasteiger partial charge in [0.25, 0.3) is 0 Å². The van der Waals surface area contributed by atoms with Crippen LogP contribution in [0.5, 0.6) is 0 Å². The van der Waals surface area contributed by atoms with E-state index in [9.17, 15) is 4.79 Å². The van der Waals surface area contributed by atoms with Crippen LogP contribution in [0.25, 0.3) is 0 Å². The van der Waals surface area contributed by atoms with Crippen molar-refractivity contribution in [2.75, 3.05) is 5.32 Å². The second-order valence-electron chi connectivity index (χ2n) is 4.91. The van der Waals surface area contributed by atoms with Gasteiger partial charge in [-0.3, -0.25) is 5.32 Å². The van der Waals surface area contributed by atoms with Gasteiger partial charge >= 0.3 is 6.03 Å². The predicted molar refractivity (Wildman–Crippen MR) is 73.3 cm³/mol. The van der Waals surface area contributed by atoms with Gasteiger partial charge in [0.15, 0.2) is 0 Å². The number of hydrogen-bond donors (Lipinski definition) is 2. The second-order valence-corrected chi connectivity index (χ2v) is 4.91. The summed E-state index contributed by atoms with van der Waals surface area (Å²) >= 11 is 0. The van der Waals surface area contributed by atoms with Crippen LogP contribution in [0.4, 0.5) is 10.6 Å². The average molecular weight is 272 g/mol. The Bertz CT molecular complexity index is 606. The summed E-state index contributed by atoms with van der Waals surface area (Å²) in [6.45, 7) is 2.61. The number of hydrogen-bond acceptors (Lipinski definition) is 4.